The predicted octanol–water partition coefficient (Wildman–Crippen LogP) is 3.32. The van der Waals surface area contributed by atoms with Gasteiger partial charge in [-0.05, 0) is 62.2 Å². The minimum atomic E-state index is -0.228. The highest BCUT2D eigenvalue weighted by atomic mass is 19.1. The Morgan fingerprint density at radius 3 is 2.57 bits per heavy atom. The lowest BCUT2D eigenvalue weighted by Gasteiger charge is -2.21. The van der Waals surface area contributed by atoms with Crippen LogP contribution in [-0.4, -0.2) is 25.5 Å². The van der Waals surface area contributed by atoms with Gasteiger partial charge in [0.1, 0.15) is 5.82 Å². The third kappa shape index (κ3) is 5.18. The molecule has 0 aromatic heterocycles. The van der Waals surface area contributed by atoms with Crippen LogP contribution in [0.15, 0.2) is 48.5 Å². The van der Waals surface area contributed by atoms with E-state index in [1.165, 1.54) is 12.1 Å². The molecule has 2 aromatic carbocycles. The van der Waals surface area contributed by atoms with E-state index in [4.69, 9.17) is 0 Å². The molecule has 0 aliphatic heterocycles. The van der Waals surface area contributed by atoms with Crippen LogP contribution in [0.4, 0.5) is 10.1 Å². The van der Waals surface area contributed by atoms with Gasteiger partial charge in [-0.3, -0.25) is 4.79 Å². The van der Waals surface area contributed by atoms with Gasteiger partial charge in [0.05, 0.1) is 6.54 Å². The number of hydrogen-bond acceptors (Lipinski definition) is 2. The number of carbonyl (C=O) groups is 1. The summed E-state index contributed by atoms with van der Waals surface area (Å²) in [6.07, 6.45) is 0.768. The maximum atomic E-state index is 12.8. The molecule has 0 bridgehead atoms. The first kappa shape index (κ1) is 17.2. The van der Waals surface area contributed by atoms with E-state index < -0.39 is 0 Å². The van der Waals surface area contributed by atoms with E-state index >= 15 is 0 Å². The van der Waals surface area contributed by atoms with Gasteiger partial charge in [-0.2, -0.15) is 0 Å². The Bertz CT molecular complexity index is 640. The van der Waals surface area contributed by atoms with Crippen LogP contribution in [0.2, 0.25) is 0 Å². The van der Waals surface area contributed by atoms with Gasteiger partial charge in [0, 0.05) is 12.2 Å². The van der Waals surface area contributed by atoms with Gasteiger partial charge in [0.15, 0.2) is 0 Å². The van der Waals surface area contributed by atoms with Crippen molar-refractivity contribution in [2.45, 2.75) is 20.3 Å². The Balaban J connectivity index is 1.82. The molecular formula is C19H23FN2O. The molecule has 2 aromatic rings. The molecule has 2 rings (SSSR count). The van der Waals surface area contributed by atoms with E-state index in [2.05, 4.69) is 5.32 Å². The van der Waals surface area contributed by atoms with E-state index in [9.17, 15) is 9.18 Å². The van der Waals surface area contributed by atoms with Gasteiger partial charge in [-0.25, -0.2) is 4.39 Å². The summed E-state index contributed by atoms with van der Waals surface area (Å²) in [4.78, 5) is 14.1. The van der Waals surface area contributed by atoms with Crippen LogP contribution in [0.3, 0.4) is 0 Å². The Kier molecular flexibility index (Phi) is 6.29. The fourth-order valence-electron chi connectivity index (χ4n) is 2.47. The molecule has 0 fully saturated rings. The third-order valence-electron chi connectivity index (χ3n) is 3.71. The summed E-state index contributed by atoms with van der Waals surface area (Å²) < 4.78 is 12.8. The lowest BCUT2D eigenvalue weighted by molar-refractivity contribution is -0.117. The van der Waals surface area contributed by atoms with Crippen LogP contribution < -0.4 is 10.2 Å². The number of aryl methyl sites for hydroxylation is 1. The second-order valence-corrected chi connectivity index (χ2v) is 5.53. The van der Waals surface area contributed by atoms with Crippen molar-refractivity contribution < 1.29 is 9.18 Å². The maximum Gasteiger partial charge on any atom is 0.240 e. The molecule has 122 valence electrons. The number of anilines is 1. The molecule has 0 unspecified atom stereocenters. The van der Waals surface area contributed by atoms with Crippen LogP contribution in [0.5, 0.6) is 0 Å². The van der Waals surface area contributed by atoms with E-state index in [0.29, 0.717) is 19.6 Å². The molecule has 23 heavy (non-hydrogen) atoms. The molecule has 0 aliphatic carbocycles. The van der Waals surface area contributed by atoms with Gasteiger partial charge in [0.2, 0.25) is 5.91 Å². The monoisotopic (exact) mass is 314 g/mol. The van der Waals surface area contributed by atoms with Gasteiger partial charge >= 0.3 is 0 Å². The van der Waals surface area contributed by atoms with Crippen LogP contribution in [0, 0.1) is 12.7 Å². The van der Waals surface area contributed by atoms with Crippen molar-refractivity contribution in [3.8, 4) is 0 Å². The smallest absolute Gasteiger partial charge is 0.240 e. The first-order valence-electron chi connectivity index (χ1n) is 7.92. The fourth-order valence-corrected chi connectivity index (χ4v) is 2.47. The summed E-state index contributed by atoms with van der Waals surface area (Å²) in [5.74, 6) is -0.175. The molecule has 1 amide bonds. The number of amides is 1. The number of carbonyl (C=O) groups excluding carboxylic acids is 1. The summed E-state index contributed by atoms with van der Waals surface area (Å²) in [6, 6.07) is 14.4. The summed E-state index contributed by atoms with van der Waals surface area (Å²) in [7, 11) is 0. The Labute approximate surface area is 137 Å². The van der Waals surface area contributed by atoms with Gasteiger partial charge in [0.25, 0.3) is 0 Å². The Morgan fingerprint density at radius 1 is 1.17 bits per heavy atom. The lowest BCUT2D eigenvalue weighted by Crippen LogP contribution is -2.38. The zero-order valence-electron chi connectivity index (χ0n) is 13.7. The molecule has 0 aliphatic rings. The number of nitrogens with one attached hydrogen (secondary N) is 1. The highest BCUT2D eigenvalue weighted by molar-refractivity contribution is 5.94. The molecular weight excluding hydrogens is 291 g/mol. The molecule has 0 radical (unpaired) electrons. The van der Waals surface area contributed by atoms with Crippen LogP contribution in [0.25, 0.3) is 0 Å². The van der Waals surface area contributed by atoms with Crippen LogP contribution >= 0.6 is 0 Å². The predicted molar refractivity (Wildman–Crippen MR) is 92.2 cm³/mol. The number of rotatable bonds is 7. The molecule has 3 nitrogen and oxygen atoms in total. The number of halogens is 1. The highest BCUT2D eigenvalue weighted by Crippen LogP contribution is 2.15. The zero-order valence-corrected chi connectivity index (χ0v) is 13.7. The molecule has 0 heterocycles. The van der Waals surface area contributed by atoms with E-state index in [-0.39, 0.29) is 11.7 Å². The van der Waals surface area contributed by atoms with E-state index in [0.717, 1.165) is 23.2 Å². The van der Waals surface area contributed by atoms with E-state index in [1.807, 2.05) is 38.1 Å². The Morgan fingerprint density at radius 2 is 1.91 bits per heavy atom. The van der Waals surface area contributed by atoms with Gasteiger partial charge in [-0.1, -0.05) is 24.3 Å². The Hall–Kier alpha value is -2.20. The summed E-state index contributed by atoms with van der Waals surface area (Å²) in [6.45, 7) is 5.61. The molecule has 1 N–H and O–H groups in total. The average molecular weight is 314 g/mol. The summed E-state index contributed by atoms with van der Waals surface area (Å²) >= 11 is 0. The van der Waals surface area contributed by atoms with Crippen molar-refractivity contribution in [3.63, 3.8) is 0 Å². The maximum absolute atomic E-state index is 12.8. The van der Waals surface area contributed by atoms with Gasteiger partial charge in [-0.15, -0.1) is 0 Å². The first-order chi connectivity index (χ1) is 11.1. The minimum absolute atomic E-state index is 0.0530. The third-order valence-corrected chi connectivity index (χ3v) is 3.71. The van der Waals surface area contributed by atoms with Crippen molar-refractivity contribution in [1.29, 1.82) is 0 Å². The van der Waals surface area contributed by atoms with Crippen LogP contribution in [0.1, 0.15) is 18.1 Å². The molecule has 0 saturated carbocycles. The zero-order chi connectivity index (χ0) is 16.7. The normalized spacial score (nSPS) is 10.6. The molecule has 4 heteroatoms. The molecule has 0 saturated heterocycles. The number of likely N-dealkylation sites (N-methyl/N-ethyl adjacent to an activating group) is 1. The molecule has 0 spiro atoms. The second kappa shape index (κ2) is 8.44. The van der Waals surface area contributed by atoms with Crippen molar-refractivity contribution in [1.82, 2.24) is 5.32 Å². The first-order valence-corrected chi connectivity index (χ1v) is 7.92. The van der Waals surface area contributed by atoms with Crippen molar-refractivity contribution in [2.75, 3.05) is 24.5 Å². The standard InChI is InChI=1S/C19H23FN2O/c1-3-22(18-6-4-5-15(2)13-18)19(23)14-21-12-11-16-7-9-17(20)10-8-16/h4-10,13,21H,3,11-12,14H2,1-2H3. The number of nitrogens with zero attached hydrogens (tertiary/aromatic N) is 1. The van der Waals surface area contributed by atoms with Gasteiger partial charge < -0.3 is 10.2 Å². The SMILES string of the molecule is CCN(C(=O)CNCCc1ccc(F)cc1)c1cccc(C)c1. The largest absolute Gasteiger partial charge is 0.312 e. The summed E-state index contributed by atoms with van der Waals surface area (Å²) in [5.41, 5.74) is 3.12. The molecule has 0 atom stereocenters. The lowest BCUT2D eigenvalue weighted by atomic mass is 10.1. The topological polar surface area (TPSA) is 32.3 Å². The highest BCUT2D eigenvalue weighted by Gasteiger charge is 2.13. The minimum Gasteiger partial charge on any atom is -0.312 e. The van der Waals surface area contributed by atoms with Crippen molar-refractivity contribution >= 4 is 11.6 Å². The van der Waals surface area contributed by atoms with Crippen molar-refractivity contribution in [2.24, 2.45) is 0 Å². The number of benzene rings is 2. The van der Waals surface area contributed by atoms with Crippen molar-refractivity contribution in [3.05, 3.63) is 65.5 Å². The van der Waals surface area contributed by atoms with E-state index in [1.54, 1.807) is 17.0 Å². The number of hydrogen-bond donors (Lipinski definition) is 1. The average Bonchev–Trinajstić information content (AvgIpc) is 2.54. The second-order valence-electron chi connectivity index (χ2n) is 5.53. The van der Waals surface area contributed by atoms with Crippen LogP contribution in [-0.2, 0) is 11.2 Å². The quantitative estimate of drug-likeness (QED) is 0.795. The fraction of sp³-hybridized carbons (Fsp3) is 0.316. The summed E-state index contributed by atoms with van der Waals surface area (Å²) in [5, 5.41) is 3.16.